The summed E-state index contributed by atoms with van der Waals surface area (Å²) in [5, 5.41) is 13.0. The van der Waals surface area contributed by atoms with Crippen LogP contribution in [0.5, 0.6) is 0 Å². The quantitative estimate of drug-likeness (QED) is 0.910. The van der Waals surface area contributed by atoms with E-state index in [2.05, 4.69) is 5.32 Å². The molecule has 0 aliphatic carbocycles. The molecule has 1 unspecified atom stereocenters. The molecule has 2 N–H and O–H groups in total. The van der Waals surface area contributed by atoms with Crippen LogP contribution in [-0.2, 0) is 5.54 Å². The molecule has 0 saturated heterocycles. The minimum Gasteiger partial charge on any atom is -0.394 e. The highest BCUT2D eigenvalue weighted by atomic mass is 35.5. The lowest BCUT2D eigenvalue weighted by Crippen LogP contribution is -2.46. The van der Waals surface area contributed by atoms with Gasteiger partial charge < -0.3 is 10.4 Å². The Morgan fingerprint density at radius 1 is 1.19 bits per heavy atom. The number of carbonyl (C=O) groups is 1. The number of benzene rings is 2. The van der Waals surface area contributed by atoms with Crippen molar-refractivity contribution in [1.29, 1.82) is 0 Å². The van der Waals surface area contributed by atoms with E-state index in [0.717, 1.165) is 11.1 Å². The molecule has 3 nitrogen and oxygen atoms in total. The summed E-state index contributed by atoms with van der Waals surface area (Å²) in [5.41, 5.74) is 1.23. The molecule has 0 heterocycles. The lowest BCUT2D eigenvalue weighted by molar-refractivity contribution is 0.0849. The van der Waals surface area contributed by atoms with Crippen molar-refractivity contribution in [3.63, 3.8) is 0 Å². The second-order valence-electron chi connectivity index (χ2n) is 5.25. The van der Waals surface area contributed by atoms with E-state index < -0.39 is 5.54 Å². The van der Waals surface area contributed by atoms with Gasteiger partial charge in [0, 0.05) is 0 Å². The molecule has 110 valence electrons. The van der Waals surface area contributed by atoms with Gasteiger partial charge in [-0.3, -0.25) is 4.79 Å². The van der Waals surface area contributed by atoms with Crippen molar-refractivity contribution in [2.24, 2.45) is 0 Å². The largest absolute Gasteiger partial charge is 0.394 e. The molecule has 0 aliphatic heterocycles. The van der Waals surface area contributed by atoms with Crippen LogP contribution in [0.1, 0.15) is 28.4 Å². The highest BCUT2D eigenvalue weighted by molar-refractivity contribution is 6.34. The summed E-state index contributed by atoms with van der Waals surface area (Å²) in [6.07, 6.45) is 0. The molecule has 4 heteroatoms. The second-order valence-corrected chi connectivity index (χ2v) is 5.62. The number of rotatable bonds is 4. The Morgan fingerprint density at radius 2 is 1.86 bits per heavy atom. The third-order valence-electron chi connectivity index (χ3n) is 3.55. The van der Waals surface area contributed by atoms with Crippen molar-refractivity contribution in [2.45, 2.75) is 19.4 Å². The predicted octanol–water partition coefficient (Wildman–Crippen LogP) is 3.29. The molecule has 2 aromatic carbocycles. The number of aliphatic hydroxyl groups excluding tert-OH is 1. The van der Waals surface area contributed by atoms with Gasteiger partial charge in [-0.05, 0) is 31.0 Å². The number of amides is 1. The van der Waals surface area contributed by atoms with E-state index >= 15 is 0 Å². The summed E-state index contributed by atoms with van der Waals surface area (Å²) in [4.78, 5) is 12.5. The van der Waals surface area contributed by atoms with Crippen molar-refractivity contribution in [3.8, 4) is 0 Å². The summed E-state index contributed by atoms with van der Waals surface area (Å²) < 4.78 is 0. The molecular formula is C17H18ClNO2. The zero-order chi connectivity index (χ0) is 15.5. The van der Waals surface area contributed by atoms with Gasteiger partial charge in [0.25, 0.3) is 5.91 Å². The fourth-order valence-corrected chi connectivity index (χ4v) is 2.36. The van der Waals surface area contributed by atoms with Gasteiger partial charge in [0.1, 0.15) is 0 Å². The highest BCUT2D eigenvalue weighted by Crippen LogP contribution is 2.24. The van der Waals surface area contributed by atoms with Crippen molar-refractivity contribution >= 4 is 17.5 Å². The number of carbonyl (C=O) groups excluding carboxylic acids is 1. The molecule has 0 spiro atoms. The summed E-state index contributed by atoms with van der Waals surface area (Å²) in [5.74, 6) is -0.302. The van der Waals surface area contributed by atoms with Crippen LogP contribution in [0.4, 0.5) is 0 Å². The van der Waals surface area contributed by atoms with Crippen molar-refractivity contribution < 1.29 is 9.90 Å². The van der Waals surface area contributed by atoms with E-state index in [1.165, 1.54) is 0 Å². The maximum absolute atomic E-state index is 12.5. The Bertz CT molecular complexity index is 642. The maximum Gasteiger partial charge on any atom is 0.253 e. The first-order chi connectivity index (χ1) is 9.98. The van der Waals surface area contributed by atoms with Crippen LogP contribution in [0.25, 0.3) is 0 Å². The third-order valence-corrected chi connectivity index (χ3v) is 4.05. The zero-order valence-corrected chi connectivity index (χ0v) is 12.8. The number of halogens is 1. The average molecular weight is 304 g/mol. The molecule has 2 aromatic rings. The van der Waals surface area contributed by atoms with Gasteiger partial charge in [0.2, 0.25) is 0 Å². The minimum absolute atomic E-state index is 0.202. The lowest BCUT2D eigenvalue weighted by atomic mass is 9.92. The van der Waals surface area contributed by atoms with Crippen LogP contribution in [0.3, 0.4) is 0 Å². The molecule has 0 bridgehead atoms. The van der Waals surface area contributed by atoms with Gasteiger partial charge in [-0.25, -0.2) is 0 Å². The summed E-state index contributed by atoms with van der Waals surface area (Å²) in [7, 11) is 0. The number of nitrogens with one attached hydrogen (secondary N) is 1. The van der Waals surface area contributed by atoms with E-state index in [1.54, 1.807) is 19.1 Å². The second kappa shape index (κ2) is 6.29. The summed E-state index contributed by atoms with van der Waals surface area (Å²) in [6, 6.07) is 14.7. The van der Waals surface area contributed by atoms with Crippen LogP contribution in [0, 0.1) is 6.92 Å². The van der Waals surface area contributed by atoms with Crippen molar-refractivity contribution in [2.75, 3.05) is 6.61 Å². The predicted molar refractivity (Wildman–Crippen MR) is 84.5 cm³/mol. The first kappa shape index (κ1) is 15.5. The van der Waals surface area contributed by atoms with Gasteiger partial charge in [0.05, 0.1) is 22.7 Å². The number of hydrogen-bond donors (Lipinski definition) is 2. The number of hydrogen-bond acceptors (Lipinski definition) is 2. The van der Waals surface area contributed by atoms with Crippen LogP contribution in [0.2, 0.25) is 5.02 Å². The van der Waals surface area contributed by atoms with E-state index in [1.807, 2.05) is 43.3 Å². The Labute approximate surface area is 129 Å². The normalized spacial score (nSPS) is 13.5. The van der Waals surface area contributed by atoms with Gasteiger partial charge in [-0.2, -0.15) is 0 Å². The number of aryl methyl sites for hydroxylation is 1. The Hall–Kier alpha value is -1.84. The first-order valence-corrected chi connectivity index (χ1v) is 7.10. The lowest BCUT2D eigenvalue weighted by Gasteiger charge is -2.29. The van der Waals surface area contributed by atoms with E-state index in [0.29, 0.717) is 10.6 Å². The van der Waals surface area contributed by atoms with Gasteiger partial charge in [-0.1, -0.05) is 54.1 Å². The molecule has 2 rings (SSSR count). The van der Waals surface area contributed by atoms with Gasteiger partial charge in [0.15, 0.2) is 0 Å². The Kier molecular flexibility index (Phi) is 4.66. The molecule has 0 saturated carbocycles. The van der Waals surface area contributed by atoms with Crippen LogP contribution >= 0.6 is 11.6 Å². The van der Waals surface area contributed by atoms with Crippen LogP contribution in [-0.4, -0.2) is 17.6 Å². The molecule has 1 atom stereocenters. The molecule has 0 aromatic heterocycles. The molecule has 21 heavy (non-hydrogen) atoms. The maximum atomic E-state index is 12.5. The molecule has 1 amide bonds. The Balaban J connectivity index is 2.30. The van der Waals surface area contributed by atoms with Gasteiger partial charge in [-0.15, -0.1) is 0 Å². The van der Waals surface area contributed by atoms with Crippen LogP contribution in [0.15, 0.2) is 48.5 Å². The Morgan fingerprint density at radius 3 is 2.48 bits per heavy atom. The molecule has 0 radical (unpaired) electrons. The molecule has 0 aliphatic rings. The minimum atomic E-state index is -0.856. The highest BCUT2D eigenvalue weighted by Gasteiger charge is 2.28. The summed E-state index contributed by atoms with van der Waals surface area (Å²) >= 11 is 6.18. The van der Waals surface area contributed by atoms with Crippen molar-refractivity contribution in [3.05, 3.63) is 70.2 Å². The van der Waals surface area contributed by atoms with E-state index in [-0.39, 0.29) is 12.5 Å². The molecule has 0 fully saturated rings. The fourth-order valence-electron chi connectivity index (χ4n) is 2.15. The smallest absolute Gasteiger partial charge is 0.253 e. The van der Waals surface area contributed by atoms with Gasteiger partial charge >= 0.3 is 0 Å². The fraction of sp³-hybridized carbons (Fsp3) is 0.235. The van der Waals surface area contributed by atoms with Crippen molar-refractivity contribution in [1.82, 2.24) is 5.32 Å². The number of aliphatic hydroxyl groups is 1. The standard InChI is InChI=1S/C17H18ClNO2/c1-12-7-6-10-14(15(12)18)16(21)19-17(2,11-20)13-8-4-3-5-9-13/h3-10,20H,11H2,1-2H3,(H,19,21). The van der Waals surface area contributed by atoms with E-state index in [9.17, 15) is 9.90 Å². The first-order valence-electron chi connectivity index (χ1n) is 6.72. The third kappa shape index (κ3) is 3.26. The SMILES string of the molecule is Cc1cccc(C(=O)NC(C)(CO)c2ccccc2)c1Cl. The topological polar surface area (TPSA) is 49.3 Å². The zero-order valence-electron chi connectivity index (χ0n) is 12.1. The average Bonchev–Trinajstić information content (AvgIpc) is 2.50. The molecular weight excluding hydrogens is 286 g/mol. The van der Waals surface area contributed by atoms with Crippen LogP contribution < -0.4 is 5.32 Å². The summed E-state index contributed by atoms with van der Waals surface area (Å²) in [6.45, 7) is 3.43. The van der Waals surface area contributed by atoms with E-state index in [4.69, 9.17) is 11.6 Å². The monoisotopic (exact) mass is 303 g/mol.